The fraction of sp³-hybridized carbons (Fsp3) is 0.600. The molecule has 1 aliphatic heterocycles. The second-order valence-electron chi connectivity index (χ2n) is 2.31. The molecule has 74 valence electrons. The van der Waals surface area contributed by atoms with Gasteiger partial charge < -0.3 is 10.8 Å². The summed E-state index contributed by atoms with van der Waals surface area (Å²) in [4.78, 5) is 13.8. The van der Waals surface area contributed by atoms with Gasteiger partial charge in [-0.25, -0.2) is 0 Å². The molecular weight excluding hydrogens is 209 g/mol. The Hall–Kier alpha value is -0.760. The lowest BCUT2D eigenvalue weighted by atomic mass is 10.2. The van der Waals surface area contributed by atoms with E-state index < -0.39 is 23.4 Å². The average molecular weight is 214 g/mol. The molecule has 0 saturated carbocycles. The molecule has 0 aliphatic carbocycles. The molecule has 1 rings (SSSR count). The highest BCUT2D eigenvalue weighted by Crippen LogP contribution is 2.32. The van der Waals surface area contributed by atoms with Crippen LogP contribution in [0.2, 0.25) is 0 Å². The minimum atomic E-state index is -4.83. The maximum atomic E-state index is 11.9. The lowest BCUT2D eigenvalue weighted by Gasteiger charge is -2.17. The van der Waals surface area contributed by atoms with Crippen LogP contribution < -0.4 is 5.73 Å². The second-order valence-corrected chi connectivity index (χ2v) is 3.48. The Morgan fingerprint density at radius 2 is 2.15 bits per heavy atom. The van der Waals surface area contributed by atoms with Gasteiger partial charge in [-0.2, -0.15) is 18.2 Å². The van der Waals surface area contributed by atoms with E-state index in [2.05, 4.69) is 4.99 Å². The van der Waals surface area contributed by atoms with Gasteiger partial charge in [0.1, 0.15) is 5.25 Å². The van der Waals surface area contributed by atoms with Gasteiger partial charge >= 0.3 is 6.18 Å². The number of aliphatic hydroxyl groups excluding tert-OH is 1. The summed E-state index contributed by atoms with van der Waals surface area (Å²) in [6.45, 7) is 0. The lowest BCUT2D eigenvalue weighted by Crippen LogP contribution is -2.40. The van der Waals surface area contributed by atoms with Crippen LogP contribution in [0.25, 0.3) is 0 Å². The molecule has 8 heteroatoms. The molecule has 0 aromatic carbocycles. The number of halogens is 3. The topological polar surface area (TPSA) is 75.7 Å². The fourth-order valence-electron chi connectivity index (χ4n) is 0.750. The molecule has 0 bridgehead atoms. The predicted molar refractivity (Wildman–Crippen MR) is 40.1 cm³/mol. The van der Waals surface area contributed by atoms with Crippen LogP contribution in [-0.4, -0.2) is 33.7 Å². The zero-order valence-electron chi connectivity index (χ0n) is 6.08. The Kier molecular flexibility index (Phi) is 2.53. The molecule has 0 saturated heterocycles. The van der Waals surface area contributed by atoms with Gasteiger partial charge in [0, 0.05) is 0 Å². The summed E-state index contributed by atoms with van der Waals surface area (Å²) in [5.41, 5.74) is 5.01. The molecule has 13 heavy (non-hydrogen) atoms. The van der Waals surface area contributed by atoms with Gasteiger partial charge in [-0.3, -0.25) is 4.79 Å². The van der Waals surface area contributed by atoms with Crippen LogP contribution in [0, 0.1) is 0 Å². The summed E-state index contributed by atoms with van der Waals surface area (Å²) < 4.78 is 35.7. The van der Waals surface area contributed by atoms with E-state index in [9.17, 15) is 18.0 Å². The van der Waals surface area contributed by atoms with E-state index in [1.165, 1.54) is 0 Å². The summed E-state index contributed by atoms with van der Waals surface area (Å²) in [7, 11) is 0. The highest BCUT2D eigenvalue weighted by Gasteiger charge is 2.49. The van der Waals surface area contributed by atoms with Gasteiger partial charge in [-0.05, 0) is 0 Å². The molecule has 2 atom stereocenters. The van der Waals surface area contributed by atoms with E-state index in [1.807, 2.05) is 0 Å². The number of nitrogens with two attached hydrogens (primary N) is 1. The first-order valence-electron chi connectivity index (χ1n) is 3.12. The van der Waals surface area contributed by atoms with Gasteiger partial charge in [0.25, 0.3) is 5.91 Å². The van der Waals surface area contributed by atoms with Crippen LogP contribution in [0.15, 0.2) is 4.99 Å². The Balaban J connectivity index is 2.72. The van der Waals surface area contributed by atoms with Crippen molar-refractivity contribution in [2.45, 2.75) is 17.5 Å². The van der Waals surface area contributed by atoms with Crippen LogP contribution in [0.3, 0.4) is 0 Å². The number of amidine groups is 1. The normalized spacial score (nSPS) is 26.0. The van der Waals surface area contributed by atoms with E-state index in [0.717, 1.165) is 0 Å². The fourth-order valence-corrected chi connectivity index (χ4v) is 1.59. The second kappa shape index (κ2) is 3.18. The summed E-state index contributed by atoms with van der Waals surface area (Å²) in [6, 6.07) is 0. The van der Waals surface area contributed by atoms with Gasteiger partial charge in [0.2, 0.25) is 0 Å². The molecule has 1 heterocycles. The number of rotatable bonds is 1. The van der Waals surface area contributed by atoms with Gasteiger partial charge in [-0.1, -0.05) is 11.8 Å². The summed E-state index contributed by atoms with van der Waals surface area (Å²) in [6.07, 6.45) is -7.54. The van der Waals surface area contributed by atoms with E-state index in [0.29, 0.717) is 11.8 Å². The van der Waals surface area contributed by atoms with Crippen LogP contribution in [0.4, 0.5) is 13.2 Å². The number of hydrogen-bond donors (Lipinski definition) is 2. The minimum Gasteiger partial charge on any atom is -0.382 e. The predicted octanol–water partition coefficient (Wildman–Crippen LogP) is -0.134. The Morgan fingerprint density at radius 1 is 1.62 bits per heavy atom. The highest BCUT2D eigenvalue weighted by atomic mass is 32.2. The number of alkyl halides is 3. The van der Waals surface area contributed by atoms with Crippen molar-refractivity contribution in [3.8, 4) is 0 Å². The first-order valence-corrected chi connectivity index (χ1v) is 4.00. The van der Waals surface area contributed by atoms with Crippen molar-refractivity contribution >= 4 is 22.8 Å². The standard InChI is InChI=1S/C5H5F3N2O2S/c6-5(7,8)2(11)1-3(12)10-4(9)13-1/h1-2,11H,(H2,9,10,12). The van der Waals surface area contributed by atoms with Crippen molar-refractivity contribution in [3.05, 3.63) is 0 Å². The molecule has 2 unspecified atom stereocenters. The monoisotopic (exact) mass is 214 g/mol. The molecule has 1 amide bonds. The number of hydrogen-bond acceptors (Lipinski definition) is 4. The van der Waals surface area contributed by atoms with Crippen LogP contribution >= 0.6 is 11.8 Å². The Labute approximate surface area is 75.0 Å². The smallest absolute Gasteiger partial charge is 0.382 e. The van der Waals surface area contributed by atoms with Crippen LogP contribution in [-0.2, 0) is 4.79 Å². The Bertz CT molecular complexity index is 265. The van der Waals surface area contributed by atoms with Crippen molar-refractivity contribution in [2.24, 2.45) is 10.7 Å². The number of nitrogens with zero attached hydrogens (tertiary/aromatic N) is 1. The number of carbonyl (C=O) groups is 1. The SMILES string of the molecule is NC1=NC(=O)C(C(O)C(F)(F)F)S1. The Morgan fingerprint density at radius 3 is 2.46 bits per heavy atom. The van der Waals surface area contributed by atoms with Crippen molar-refractivity contribution < 1.29 is 23.1 Å². The summed E-state index contributed by atoms with van der Waals surface area (Å²) in [5.74, 6) is -1.05. The maximum Gasteiger partial charge on any atom is 0.415 e. The largest absolute Gasteiger partial charge is 0.415 e. The van der Waals surface area contributed by atoms with Crippen LogP contribution in [0.1, 0.15) is 0 Å². The van der Waals surface area contributed by atoms with Crippen molar-refractivity contribution in [2.75, 3.05) is 0 Å². The quantitative estimate of drug-likeness (QED) is 0.637. The number of thioether (sulfide) groups is 1. The molecule has 1 aliphatic rings. The van der Waals surface area contributed by atoms with Crippen molar-refractivity contribution in [1.82, 2.24) is 0 Å². The third-order valence-electron chi connectivity index (χ3n) is 1.33. The maximum absolute atomic E-state index is 11.9. The van der Waals surface area contributed by atoms with E-state index in [-0.39, 0.29) is 5.17 Å². The molecule has 0 spiro atoms. The molecule has 0 aromatic rings. The third-order valence-corrected chi connectivity index (χ3v) is 2.38. The number of carbonyl (C=O) groups excluding carboxylic acids is 1. The van der Waals surface area contributed by atoms with Gasteiger partial charge in [0.15, 0.2) is 11.3 Å². The average Bonchev–Trinajstić information content (AvgIpc) is 2.26. The lowest BCUT2D eigenvalue weighted by molar-refractivity contribution is -0.203. The first-order chi connectivity index (χ1) is 5.82. The zero-order valence-corrected chi connectivity index (χ0v) is 6.89. The van der Waals surface area contributed by atoms with E-state index in [1.54, 1.807) is 0 Å². The van der Waals surface area contributed by atoms with Gasteiger partial charge in [0.05, 0.1) is 0 Å². The molecule has 0 fully saturated rings. The molecule has 0 aromatic heterocycles. The number of amides is 1. The van der Waals surface area contributed by atoms with Crippen molar-refractivity contribution in [1.29, 1.82) is 0 Å². The molecule has 0 radical (unpaired) electrons. The van der Waals surface area contributed by atoms with Crippen LogP contribution in [0.5, 0.6) is 0 Å². The summed E-state index contributed by atoms with van der Waals surface area (Å²) in [5, 5.41) is 6.77. The van der Waals surface area contributed by atoms with E-state index >= 15 is 0 Å². The zero-order chi connectivity index (χ0) is 10.2. The first kappa shape index (κ1) is 10.3. The van der Waals surface area contributed by atoms with Gasteiger partial charge in [-0.15, -0.1) is 0 Å². The number of aliphatic imine (C=N–C) groups is 1. The molecular formula is C5H5F3N2O2S. The minimum absolute atomic E-state index is 0.252. The third kappa shape index (κ3) is 2.13. The molecule has 4 nitrogen and oxygen atoms in total. The van der Waals surface area contributed by atoms with Crippen molar-refractivity contribution in [3.63, 3.8) is 0 Å². The highest BCUT2D eigenvalue weighted by molar-refractivity contribution is 8.15. The number of aliphatic hydroxyl groups is 1. The van der Waals surface area contributed by atoms with E-state index in [4.69, 9.17) is 10.8 Å². The molecule has 3 N–H and O–H groups in total. The summed E-state index contributed by atoms with van der Waals surface area (Å²) >= 11 is 0.417.